The molecule has 0 spiro atoms. The van der Waals surface area contributed by atoms with Crippen molar-refractivity contribution < 1.29 is 8.78 Å². The van der Waals surface area contributed by atoms with Crippen LogP contribution in [0.1, 0.15) is 11.6 Å². The molecule has 0 amide bonds. The Morgan fingerprint density at radius 1 is 1.00 bits per heavy atom. The topological polar surface area (TPSA) is 15.3 Å². The molecule has 2 nitrogen and oxygen atoms in total. The van der Waals surface area contributed by atoms with Gasteiger partial charge in [-0.25, -0.2) is 8.78 Å². The summed E-state index contributed by atoms with van der Waals surface area (Å²) in [6, 6.07) is 8.27. The molecule has 18 heavy (non-hydrogen) atoms. The van der Waals surface area contributed by atoms with Crippen molar-refractivity contribution in [1.29, 1.82) is 0 Å². The van der Waals surface area contributed by atoms with Crippen LogP contribution in [0, 0.1) is 0 Å². The molecular weight excluding hydrogens is 281 g/mol. The van der Waals surface area contributed by atoms with E-state index in [0.29, 0.717) is 18.7 Å². The molecule has 1 aromatic rings. The molecule has 0 unspecified atom stereocenters. The Labute approximate surface area is 119 Å². The first kappa shape index (κ1) is 17.6. The molecule has 1 heterocycles. The van der Waals surface area contributed by atoms with Crippen LogP contribution in [-0.2, 0) is 0 Å². The van der Waals surface area contributed by atoms with Gasteiger partial charge in [0.1, 0.15) is 0 Å². The molecule has 1 fully saturated rings. The van der Waals surface area contributed by atoms with Gasteiger partial charge in [-0.1, -0.05) is 30.3 Å². The molecular formula is C12H18Cl2F2N2. The summed E-state index contributed by atoms with van der Waals surface area (Å²) < 4.78 is 26.2. The van der Waals surface area contributed by atoms with E-state index < -0.39 is 12.5 Å². The van der Waals surface area contributed by atoms with E-state index in [1.54, 1.807) is 12.1 Å². The highest BCUT2D eigenvalue weighted by Crippen LogP contribution is 2.27. The average molecular weight is 299 g/mol. The van der Waals surface area contributed by atoms with Crippen LogP contribution >= 0.6 is 24.8 Å². The van der Waals surface area contributed by atoms with Crippen molar-refractivity contribution in [3.05, 3.63) is 35.9 Å². The fraction of sp³-hybridized carbons (Fsp3) is 0.500. The molecule has 1 saturated heterocycles. The summed E-state index contributed by atoms with van der Waals surface area (Å²) in [6.45, 7) is 2.94. The molecule has 0 aromatic heterocycles. The quantitative estimate of drug-likeness (QED) is 0.923. The van der Waals surface area contributed by atoms with Crippen molar-refractivity contribution in [2.75, 3.05) is 26.2 Å². The Kier molecular flexibility index (Phi) is 8.44. The number of hydrogen-bond acceptors (Lipinski definition) is 2. The number of nitrogens with one attached hydrogen (secondary N) is 1. The van der Waals surface area contributed by atoms with Gasteiger partial charge in [0.25, 0.3) is 6.43 Å². The van der Waals surface area contributed by atoms with Gasteiger partial charge in [-0.05, 0) is 5.56 Å². The van der Waals surface area contributed by atoms with Crippen molar-refractivity contribution in [2.45, 2.75) is 12.5 Å². The number of halogens is 4. The van der Waals surface area contributed by atoms with Gasteiger partial charge in [-0.2, -0.15) is 0 Å². The zero-order valence-electron chi connectivity index (χ0n) is 9.89. The SMILES string of the molecule is Cl.Cl.FC(F)[C@H](c1ccccc1)N1CCNCC1. The zero-order chi connectivity index (χ0) is 11.4. The molecule has 1 aliphatic heterocycles. The Morgan fingerprint density at radius 3 is 2.06 bits per heavy atom. The van der Waals surface area contributed by atoms with Crippen LogP contribution in [0.2, 0.25) is 0 Å². The Bertz CT molecular complexity index is 319. The molecule has 1 N–H and O–H groups in total. The maximum atomic E-state index is 13.1. The van der Waals surface area contributed by atoms with Crippen LogP contribution in [0.5, 0.6) is 0 Å². The fourth-order valence-corrected chi connectivity index (χ4v) is 2.13. The first-order valence-corrected chi connectivity index (χ1v) is 5.57. The fourth-order valence-electron chi connectivity index (χ4n) is 2.13. The van der Waals surface area contributed by atoms with E-state index in [1.807, 2.05) is 23.1 Å². The standard InChI is InChI=1S/C12H16F2N2.2ClH/c13-12(14)11(10-4-2-1-3-5-10)16-8-6-15-7-9-16;;/h1-5,11-12,15H,6-9H2;2*1H/t11-;;/m0../s1. The summed E-state index contributed by atoms with van der Waals surface area (Å²) >= 11 is 0. The highest BCUT2D eigenvalue weighted by molar-refractivity contribution is 5.85. The third kappa shape index (κ3) is 4.35. The smallest absolute Gasteiger partial charge is 0.258 e. The Hall–Kier alpha value is -0.420. The summed E-state index contributed by atoms with van der Waals surface area (Å²) in [5.74, 6) is 0. The second kappa shape index (κ2) is 8.64. The molecule has 0 radical (unpaired) electrons. The van der Waals surface area contributed by atoms with Crippen LogP contribution < -0.4 is 5.32 Å². The van der Waals surface area contributed by atoms with E-state index >= 15 is 0 Å². The number of alkyl halides is 2. The highest BCUT2D eigenvalue weighted by Gasteiger charge is 2.29. The maximum absolute atomic E-state index is 13.1. The molecule has 6 heteroatoms. The molecule has 0 bridgehead atoms. The van der Waals surface area contributed by atoms with Crippen molar-refractivity contribution in [3.8, 4) is 0 Å². The second-order valence-electron chi connectivity index (χ2n) is 3.98. The first-order valence-electron chi connectivity index (χ1n) is 5.57. The van der Waals surface area contributed by atoms with Gasteiger partial charge < -0.3 is 5.32 Å². The van der Waals surface area contributed by atoms with Gasteiger partial charge in [0.15, 0.2) is 0 Å². The molecule has 1 aliphatic rings. The minimum absolute atomic E-state index is 0. The summed E-state index contributed by atoms with van der Waals surface area (Å²) in [5, 5.41) is 3.17. The van der Waals surface area contributed by atoms with Crippen LogP contribution in [0.3, 0.4) is 0 Å². The molecule has 1 atom stereocenters. The number of benzene rings is 1. The largest absolute Gasteiger partial charge is 0.314 e. The second-order valence-corrected chi connectivity index (χ2v) is 3.98. The van der Waals surface area contributed by atoms with Gasteiger partial charge in [0.05, 0.1) is 6.04 Å². The van der Waals surface area contributed by atoms with Gasteiger partial charge in [-0.15, -0.1) is 24.8 Å². The lowest BCUT2D eigenvalue weighted by Gasteiger charge is -2.34. The Balaban J connectivity index is 0.00000144. The number of hydrogen-bond donors (Lipinski definition) is 1. The van der Waals surface area contributed by atoms with Crippen LogP contribution in [0.25, 0.3) is 0 Å². The van der Waals surface area contributed by atoms with E-state index in [0.717, 1.165) is 13.1 Å². The lowest BCUT2D eigenvalue weighted by atomic mass is 10.1. The summed E-state index contributed by atoms with van der Waals surface area (Å²) in [4.78, 5) is 1.86. The van der Waals surface area contributed by atoms with E-state index in [-0.39, 0.29) is 24.8 Å². The number of rotatable bonds is 3. The molecule has 2 rings (SSSR count). The van der Waals surface area contributed by atoms with E-state index in [1.165, 1.54) is 0 Å². The van der Waals surface area contributed by atoms with Crippen molar-refractivity contribution in [2.24, 2.45) is 0 Å². The predicted molar refractivity (Wildman–Crippen MR) is 74.1 cm³/mol. The zero-order valence-corrected chi connectivity index (χ0v) is 11.5. The number of nitrogens with zero attached hydrogens (tertiary/aromatic N) is 1. The predicted octanol–water partition coefficient (Wildman–Crippen LogP) is 2.74. The summed E-state index contributed by atoms with van der Waals surface area (Å²) in [7, 11) is 0. The van der Waals surface area contributed by atoms with Crippen molar-refractivity contribution in [3.63, 3.8) is 0 Å². The highest BCUT2D eigenvalue weighted by atomic mass is 35.5. The lowest BCUT2D eigenvalue weighted by molar-refractivity contribution is 0.0182. The minimum atomic E-state index is -2.33. The summed E-state index contributed by atoms with van der Waals surface area (Å²) in [6.07, 6.45) is -2.33. The van der Waals surface area contributed by atoms with Gasteiger partial charge in [0, 0.05) is 26.2 Å². The van der Waals surface area contributed by atoms with E-state index in [4.69, 9.17) is 0 Å². The summed E-state index contributed by atoms with van der Waals surface area (Å²) in [5.41, 5.74) is 0.708. The van der Waals surface area contributed by atoms with Crippen molar-refractivity contribution in [1.82, 2.24) is 10.2 Å². The van der Waals surface area contributed by atoms with E-state index in [2.05, 4.69) is 5.32 Å². The van der Waals surface area contributed by atoms with E-state index in [9.17, 15) is 8.78 Å². The Morgan fingerprint density at radius 2 is 1.56 bits per heavy atom. The normalized spacial score (nSPS) is 17.7. The average Bonchev–Trinajstić information content (AvgIpc) is 2.31. The third-order valence-corrected chi connectivity index (χ3v) is 2.92. The lowest BCUT2D eigenvalue weighted by Crippen LogP contribution is -2.46. The third-order valence-electron chi connectivity index (χ3n) is 2.92. The monoisotopic (exact) mass is 298 g/mol. The molecule has 0 saturated carbocycles. The van der Waals surface area contributed by atoms with Crippen LogP contribution in [0.4, 0.5) is 8.78 Å². The molecule has 104 valence electrons. The molecule has 0 aliphatic carbocycles. The first-order chi connectivity index (χ1) is 7.79. The van der Waals surface area contributed by atoms with Gasteiger partial charge in [0.2, 0.25) is 0 Å². The van der Waals surface area contributed by atoms with Crippen LogP contribution in [-0.4, -0.2) is 37.5 Å². The minimum Gasteiger partial charge on any atom is -0.314 e. The number of piperazine rings is 1. The van der Waals surface area contributed by atoms with Crippen molar-refractivity contribution >= 4 is 24.8 Å². The van der Waals surface area contributed by atoms with Crippen LogP contribution in [0.15, 0.2) is 30.3 Å². The molecule has 1 aromatic carbocycles. The van der Waals surface area contributed by atoms with Gasteiger partial charge in [-0.3, -0.25) is 4.90 Å². The van der Waals surface area contributed by atoms with Gasteiger partial charge >= 0.3 is 0 Å². The maximum Gasteiger partial charge on any atom is 0.258 e.